The van der Waals surface area contributed by atoms with E-state index in [4.69, 9.17) is 0 Å². The Labute approximate surface area is 108 Å². The van der Waals surface area contributed by atoms with Crippen molar-refractivity contribution in [3.8, 4) is 0 Å². The van der Waals surface area contributed by atoms with Gasteiger partial charge in [-0.15, -0.1) is 0 Å². The van der Waals surface area contributed by atoms with Crippen LogP contribution in [0.3, 0.4) is 0 Å². The zero-order valence-corrected chi connectivity index (χ0v) is 10.8. The summed E-state index contributed by atoms with van der Waals surface area (Å²) in [6.45, 7) is 4.77. The van der Waals surface area contributed by atoms with E-state index in [0.29, 0.717) is 0 Å². The van der Waals surface area contributed by atoms with E-state index in [-0.39, 0.29) is 10.8 Å². The van der Waals surface area contributed by atoms with Gasteiger partial charge in [0, 0.05) is 10.8 Å². The average Bonchev–Trinajstić information content (AvgIpc) is 2.79. The van der Waals surface area contributed by atoms with Crippen LogP contribution < -0.4 is 0 Å². The van der Waals surface area contributed by atoms with Gasteiger partial charge in [-0.25, -0.2) is 0 Å². The Bertz CT molecular complexity index is 602. The Kier molecular flexibility index (Phi) is 1.66. The van der Waals surface area contributed by atoms with Crippen molar-refractivity contribution < 1.29 is 0 Å². The van der Waals surface area contributed by atoms with Crippen molar-refractivity contribution in [1.29, 1.82) is 0 Å². The van der Waals surface area contributed by atoms with Gasteiger partial charge in [0.15, 0.2) is 0 Å². The minimum absolute atomic E-state index is 0.0637. The molecule has 0 heteroatoms. The second-order valence-corrected chi connectivity index (χ2v) is 5.79. The Balaban J connectivity index is 2.12. The van der Waals surface area contributed by atoms with Crippen molar-refractivity contribution in [1.82, 2.24) is 0 Å². The Hall–Kier alpha value is -1.82. The third kappa shape index (κ3) is 0.871. The molecule has 0 aliphatic heterocycles. The highest BCUT2D eigenvalue weighted by molar-refractivity contribution is 5.66. The predicted molar refractivity (Wildman–Crippen MR) is 76.0 cm³/mol. The fourth-order valence-electron chi connectivity index (χ4n) is 3.91. The molecular formula is C18H16. The Morgan fingerprint density at radius 3 is 1.39 bits per heavy atom. The smallest absolute Gasteiger partial charge is 0.0309 e. The molecule has 0 atom stereocenters. The second kappa shape index (κ2) is 2.95. The van der Waals surface area contributed by atoms with Crippen molar-refractivity contribution in [2.45, 2.75) is 13.8 Å². The van der Waals surface area contributed by atoms with Crippen LogP contribution >= 0.6 is 0 Å². The fraction of sp³-hybridized carbons (Fsp3) is 0.222. The molecule has 18 heavy (non-hydrogen) atoms. The van der Waals surface area contributed by atoms with Gasteiger partial charge < -0.3 is 0 Å². The molecule has 0 aromatic rings. The van der Waals surface area contributed by atoms with Crippen molar-refractivity contribution in [2.75, 3.05) is 0 Å². The van der Waals surface area contributed by atoms with E-state index >= 15 is 0 Å². The SMILES string of the molecule is CC12C3=CC=CC4=CC=C(C=CC=C1C=C3)C42C. The lowest BCUT2D eigenvalue weighted by Crippen LogP contribution is -2.38. The lowest BCUT2D eigenvalue weighted by Gasteiger charge is -2.45. The standard InChI is InChI=1S/C18H16/c1-17-13-5-3-7-15-11-12-16(18(15,17)2)8-4-6-14(17)10-9-13/h3-12H,1-2H3. The summed E-state index contributed by atoms with van der Waals surface area (Å²) < 4.78 is 0. The van der Waals surface area contributed by atoms with Gasteiger partial charge in [-0.1, -0.05) is 74.6 Å². The van der Waals surface area contributed by atoms with Crippen LogP contribution in [0.1, 0.15) is 13.8 Å². The molecule has 0 N–H and O–H groups in total. The van der Waals surface area contributed by atoms with Crippen LogP contribution in [0.25, 0.3) is 0 Å². The van der Waals surface area contributed by atoms with Crippen molar-refractivity contribution >= 4 is 0 Å². The molecule has 0 aromatic carbocycles. The first-order valence-corrected chi connectivity index (χ1v) is 6.56. The fourth-order valence-corrected chi connectivity index (χ4v) is 3.91. The maximum atomic E-state index is 2.39. The van der Waals surface area contributed by atoms with E-state index in [0.717, 1.165) is 0 Å². The number of allylic oxidation sites excluding steroid dienone is 14. The molecule has 0 saturated heterocycles. The van der Waals surface area contributed by atoms with E-state index in [9.17, 15) is 0 Å². The zero-order valence-electron chi connectivity index (χ0n) is 10.8. The van der Waals surface area contributed by atoms with Crippen molar-refractivity contribution in [3.63, 3.8) is 0 Å². The highest BCUT2D eigenvalue weighted by atomic mass is 14.6. The van der Waals surface area contributed by atoms with Gasteiger partial charge in [0.05, 0.1) is 0 Å². The minimum Gasteiger partial charge on any atom is -0.0617 e. The second-order valence-electron chi connectivity index (χ2n) is 5.79. The monoisotopic (exact) mass is 232 g/mol. The first-order valence-electron chi connectivity index (χ1n) is 6.56. The third-order valence-electron chi connectivity index (χ3n) is 5.30. The molecule has 0 unspecified atom stereocenters. The van der Waals surface area contributed by atoms with Gasteiger partial charge in [-0.2, -0.15) is 0 Å². The summed E-state index contributed by atoms with van der Waals surface area (Å²) in [6.07, 6.45) is 22.6. The maximum absolute atomic E-state index is 2.39. The van der Waals surface area contributed by atoms with Crippen LogP contribution in [-0.4, -0.2) is 0 Å². The number of hydrogen-bond acceptors (Lipinski definition) is 0. The average molecular weight is 232 g/mol. The van der Waals surface area contributed by atoms with E-state index in [2.05, 4.69) is 74.6 Å². The highest BCUT2D eigenvalue weighted by Gasteiger charge is 2.55. The zero-order chi connectivity index (χ0) is 12.4. The Morgan fingerprint density at radius 1 is 0.556 bits per heavy atom. The van der Waals surface area contributed by atoms with Gasteiger partial charge in [-0.05, 0) is 22.3 Å². The first-order chi connectivity index (χ1) is 8.67. The highest BCUT2D eigenvalue weighted by Crippen LogP contribution is 2.64. The van der Waals surface area contributed by atoms with E-state index in [1.54, 1.807) is 0 Å². The molecule has 4 rings (SSSR count). The number of rotatable bonds is 0. The molecule has 0 spiro atoms. The first kappa shape index (κ1) is 10.1. The van der Waals surface area contributed by atoms with E-state index < -0.39 is 0 Å². The minimum atomic E-state index is 0.0637. The molecule has 0 bridgehead atoms. The number of hydrogen-bond donors (Lipinski definition) is 0. The van der Waals surface area contributed by atoms with Crippen LogP contribution in [0.5, 0.6) is 0 Å². The largest absolute Gasteiger partial charge is 0.0617 e. The summed E-state index contributed by atoms with van der Waals surface area (Å²) in [5, 5.41) is 0. The summed E-state index contributed by atoms with van der Waals surface area (Å²) in [4.78, 5) is 0. The van der Waals surface area contributed by atoms with Gasteiger partial charge in [-0.3, -0.25) is 0 Å². The molecule has 88 valence electrons. The van der Waals surface area contributed by atoms with Crippen molar-refractivity contribution in [2.24, 2.45) is 10.8 Å². The molecular weight excluding hydrogens is 216 g/mol. The lowest BCUT2D eigenvalue weighted by atomic mass is 9.56. The topological polar surface area (TPSA) is 0 Å². The summed E-state index contributed by atoms with van der Waals surface area (Å²) >= 11 is 0. The summed E-state index contributed by atoms with van der Waals surface area (Å²) in [6, 6.07) is 0. The van der Waals surface area contributed by atoms with Crippen LogP contribution in [0.15, 0.2) is 83.1 Å². The van der Waals surface area contributed by atoms with Crippen LogP contribution in [0, 0.1) is 10.8 Å². The molecule has 0 radical (unpaired) electrons. The van der Waals surface area contributed by atoms with Gasteiger partial charge in [0.25, 0.3) is 0 Å². The van der Waals surface area contributed by atoms with Gasteiger partial charge in [0.1, 0.15) is 0 Å². The molecule has 0 heterocycles. The molecule has 4 aliphatic rings. The third-order valence-corrected chi connectivity index (χ3v) is 5.30. The normalized spacial score (nSPS) is 38.6. The summed E-state index contributed by atoms with van der Waals surface area (Å²) in [5.74, 6) is 0. The van der Waals surface area contributed by atoms with Gasteiger partial charge >= 0.3 is 0 Å². The quantitative estimate of drug-likeness (QED) is 0.579. The molecule has 0 amide bonds. The van der Waals surface area contributed by atoms with Crippen LogP contribution in [0.2, 0.25) is 0 Å². The Morgan fingerprint density at radius 2 is 0.944 bits per heavy atom. The molecule has 0 aromatic heterocycles. The van der Waals surface area contributed by atoms with Crippen LogP contribution in [0.4, 0.5) is 0 Å². The lowest BCUT2D eigenvalue weighted by molar-refractivity contribution is 0.276. The van der Waals surface area contributed by atoms with Gasteiger partial charge in [0.2, 0.25) is 0 Å². The summed E-state index contributed by atoms with van der Waals surface area (Å²) in [7, 11) is 0. The predicted octanol–water partition coefficient (Wildman–Crippen LogP) is 4.43. The van der Waals surface area contributed by atoms with E-state index in [1.165, 1.54) is 22.3 Å². The maximum Gasteiger partial charge on any atom is 0.0309 e. The summed E-state index contributed by atoms with van der Waals surface area (Å²) in [5.41, 5.74) is 5.82. The van der Waals surface area contributed by atoms with Crippen molar-refractivity contribution in [3.05, 3.63) is 83.1 Å². The molecule has 0 nitrogen and oxygen atoms in total. The molecule has 0 saturated carbocycles. The van der Waals surface area contributed by atoms with Crippen LogP contribution in [-0.2, 0) is 0 Å². The molecule has 4 aliphatic carbocycles. The molecule has 0 fully saturated rings. The van der Waals surface area contributed by atoms with E-state index in [1.807, 2.05) is 0 Å².